The Labute approximate surface area is 212 Å². The number of nitrogen functional groups attached to an aromatic ring is 1. The van der Waals surface area contributed by atoms with E-state index in [4.69, 9.17) is 15.2 Å². The molecule has 3 heterocycles. The number of anilines is 1. The van der Waals surface area contributed by atoms with Gasteiger partial charge in [0.05, 0.1) is 18.8 Å². The lowest BCUT2D eigenvalue weighted by Crippen LogP contribution is -2.38. The van der Waals surface area contributed by atoms with Gasteiger partial charge in [0.1, 0.15) is 18.1 Å². The van der Waals surface area contributed by atoms with Gasteiger partial charge in [0.15, 0.2) is 17.4 Å². The lowest BCUT2D eigenvalue weighted by molar-refractivity contribution is 0.0320. The van der Waals surface area contributed by atoms with Crippen LogP contribution in [0.3, 0.4) is 0 Å². The summed E-state index contributed by atoms with van der Waals surface area (Å²) in [5.74, 6) is -2.13. The van der Waals surface area contributed by atoms with Gasteiger partial charge in [0.25, 0.3) is 0 Å². The molecule has 4 aromatic rings. The van der Waals surface area contributed by atoms with Gasteiger partial charge in [-0.05, 0) is 59.2 Å². The Bertz CT molecular complexity index is 1420. The molecule has 0 radical (unpaired) electrons. The van der Waals surface area contributed by atoms with E-state index in [1.54, 1.807) is 12.3 Å². The van der Waals surface area contributed by atoms with E-state index in [9.17, 15) is 4.39 Å². The molecule has 0 unspecified atom stereocenters. The smallest absolute Gasteiger partial charge is 0.202 e. The molecule has 0 bridgehead atoms. The standard InChI is InChI=1S/C26H27F2N7O2/c1-16-4-3-5-19(17(16)2)18-14-20(25(29)30-15-18)26-31-32-33-35(26)21-6-7-22(24(28)23(21)27)37-13-10-34-8-11-36-12-9-34/h3-7,14-15H,8-13H2,1-2H3,(H2,29,30). The minimum atomic E-state index is -1.13. The molecule has 2 N–H and O–H groups in total. The van der Waals surface area contributed by atoms with E-state index in [1.807, 2.05) is 32.0 Å². The molecule has 0 aliphatic carbocycles. The van der Waals surface area contributed by atoms with E-state index in [1.165, 1.54) is 12.1 Å². The van der Waals surface area contributed by atoms with Crippen molar-refractivity contribution in [3.05, 3.63) is 65.4 Å². The number of nitrogens with zero attached hydrogens (tertiary/aromatic N) is 6. The molecule has 192 valence electrons. The Morgan fingerprint density at radius 2 is 1.86 bits per heavy atom. The number of pyridine rings is 1. The van der Waals surface area contributed by atoms with Gasteiger partial charge in [-0.15, -0.1) is 5.10 Å². The third kappa shape index (κ3) is 5.00. The zero-order valence-corrected chi connectivity index (χ0v) is 20.6. The Morgan fingerprint density at radius 3 is 2.68 bits per heavy atom. The van der Waals surface area contributed by atoms with Gasteiger partial charge >= 0.3 is 0 Å². The number of halogens is 2. The van der Waals surface area contributed by atoms with E-state index >= 15 is 4.39 Å². The van der Waals surface area contributed by atoms with Crippen LogP contribution in [-0.4, -0.2) is 69.5 Å². The van der Waals surface area contributed by atoms with Crippen molar-refractivity contribution >= 4 is 5.82 Å². The summed E-state index contributed by atoms with van der Waals surface area (Å²) < 4.78 is 42.1. The second-order valence-electron chi connectivity index (χ2n) is 8.83. The van der Waals surface area contributed by atoms with Crippen molar-refractivity contribution in [3.8, 4) is 34.0 Å². The Hall–Kier alpha value is -3.96. The highest BCUT2D eigenvalue weighted by Gasteiger charge is 2.22. The fourth-order valence-electron chi connectivity index (χ4n) is 4.29. The monoisotopic (exact) mass is 507 g/mol. The van der Waals surface area contributed by atoms with Crippen molar-refractivity contribution in [1.82, 2.24) is 30.1 Å². The lowest BCUT2D eigenvalue weighted by atomic mass is 9.97. The Kier molecular flexibility index (Phi) is 7.06. The summed E-state index contributed by atoms with van der Waals surface area (Å²) in [6, 6.07) is 10.5. The van der Waals surface area contributed by atoms with Gasteiger partial charge in [0, 0.05) is 31.4 Å². The van der Waals surface area contributed by atoms with Crippen molar-refractivity contribution in [1.29, 1.82) is 0 Å². The van der Waals surface area contributed by atoms with Crippen LogP contribution >= 0.6 is 0 Å². The van der Waals surface area contributed by atoms with Gasteiger partial charge in [-0.25, -0.2) is 9.37 Å². The largest absolute Gasteiger partial charge is 0.489 e. The number of nitrogens with two attached hydrogens (primary N) is 1. The summed E-state index contributed by atoms with van der Waals surface area (Å²) in [4.78, 5) is 6.46. The second-order valence-corrected chi connectivity index (χ2v) is 8.83. The fourth-order valence-corrected chi connectivity index (χ4v) is 4.29. The van der Waals surface area contributed by atoms with Crippen molar-refractivity contribution in [2.24, 2.45) is 0 Å². The van der Waals surface area contributed by atoms with Crippen LogP contribution in [0.1, 0.15) is 11.1 Å². The average Bonchev–Trinajstić information content (AvgIpc) is 3.39. The third-order valence-electron chi connectivity index (χ3n) is 6.57. The van der Waals surface area contributed by atoms with Gasteiger partial charge in [-0.3, -0.25) is 4.90 Å². The zero-order chi connectivity index (χ0) is 25.9. The molecule has 0 atom stereocenters. The van der Waals surface area contributed by atoms with Gasteiger partial charge < -0.3 is 15.2 Å². The number of aryl methyl sites for hydroxylation is 1. The maximum atomic E-state index is 15.2. The molecule has 0 amide bonds. The minimum absolute atomic E-state index is 0.136. The van der Waals surface area contributed by atoms with Crippen molar-refractivity contribution in [2.45, 2.75) is 13.8 Å². The molecule has 5 rings (SSSR count). The number of hydrogen-bond donors (Lipinski definition) is 1. The van der Waals surface area contributed by atoms with Crippen molar-refractivity contribution < 1.29 is 18.3 Å². The number of tetrazole rings is 1. The molecule has 1 aliphatic heterocycles. The molecular formula is C26H27F2N7O2. The number of hydrogen-bond acceptors (Lipinski definition) is 8. The molecule has 9 nitrogen and oxygen atoms in total. The zero-order valence-electron chi connectivity index (χ0n) is 20.6. The predicted molar refractivity (Wildman–Crippen MR) is 134 cm³/mol. The highest BCUT2D eigenvalue weighted by atomic mass is 19.2. The van der Waals surface area contributed by atoms with E-state index in [0.29, 0.717) is 25.3 Å². The quantitative estimate of drug-likeness (QED) is 0.405. The van der Waals surface area contributed by atoms with Crippen LogP contribution in [-0.2, 0) is 4.74 Å². The maximum Gasteiger partial charge on any atom is 0.202 e. The summed E-state index contributed by atoms with van der Waals surface area (Å²) in [5.41, 5.74) is 10.4. The Balaban J connectivity index is 1.43. The average molecular weight is 508 g/mol. The summed E-state index contributed by atoms with van der Waals surface area (Å²) in [6.07, 6.45) is 1.66. The van der Waals surface area contributed by atoms with Crippen molar-refractivity contribution in [3.63, 3.8) is 0 Å². The van der Waals surface area contributed by atoms with Crippen molar-refractivity contribution in [2.75, 3.05) is 45.2 Å². The first kappa shape index (κ1) is 24.7. The van der Waals surface area contributed by atoms with Gasteiger partial charge in [-0.1, -0.05) is 18.2 Å². The predicted octanol–water partition coefficient (Wildman–Crippen LogP) is 3.58. The lowest BCUT2D eigenvalue weighted by Gasteiger charge is -2.26. The van der Waals surface area contributed by atoms with Gasteiger partial charge in [0.2, 0.25) is 5.82 Å². The molecule has 0 saturated carbocycles. The summed E-state index contributed by atoms with van der Waals surface area (Å²) in [6.45, 7) is 7.73. The Morgan fingerprint density at radius 1 is 1.05 bits per heavy atom. The van der Waals surface area contributed by atoms with Crippen LogP contribution in [0, 0.1) is 25.5 Å². The van der Waals surface area contributed by atoms with E-state index in [0.717, 1.165) is 40.0 Å². The number of rotatable bonds is 7. The van der Waals surface area contributed by atoms with Crippen LogP contribution < -0.4 is 10.5 Å². The van der Waals surface area contributed by atoms with E-state index < -0.39 is 11.6 Å². The molecule has 2 aromatic heterocycles. The third-order valence-corrected chi connectivity index (χ3v) is 6.57. The number of benzene rings is 2. The summed E-state index contributed by atoms with van der Waals surface area (Å²) in [7, 11) is 0. The SMILES string of the molecule is Cc1cccc(-c2cnc(N)c(-c3nnnn3-c3ccc(OCCN4CCOCC4)c(F)c3F)c2)c1C. The first-order valence-corrected chi connectivity index (χ1v) is 12.0. The molecule has 2 aromatic carbocycles. The number of aromatic nitrogens is 5. The molecule has 1 aliphatic rings. The molecule has 37 heavy (non-hydrogen) atoms. The van der Waals surface area contributed by atoms with Gasteiger partial charge in [-0.2, -0.15) is 9.07 Å². The highest BCUT2D eigenvalue weighted by Crippen LogP contribution is 2.33. The molecule has 0 spiro atoms. The molecule has 1 saturated heterocycles. The second kappa shape index (κ2) is 10.6. The summed E-state index contributed by atoms with van der Waals surface area (Å²) >= 11 is 0. The first-order valence-electron chi connectivity index (χ1n) is 12.0. The normalized spacial score (nSPS) is 14.2. The van der Waals surface area contributed by atoms with Crippen LogP contribution in [0.2, 0.25) is 0 Å². The maximum absolute atomic E-state index is 15.2. The highest BCUT2D eigenvalue weighted by molar-refractivity contribution is 5.78. The molecule has 1 fully saturated rings. The summed E-state index contributed by atoms with van der Waals surface area (Å²) in [5, 5.41) is 11.6. The van der Waals surface area contributed by atoms with Crippen LogP contribution in [0.5, 0.6) is 5.75 Å². The van der Waals surface area contributed by atoms with E-state index in [-0.39, 0.29) is 29.7 Å². The van der Waals surface area contributed by atoms with Crippen LogP contribution in [0.25, 0.3) is 28.2 Å². The van der Waals surface area contributed by atoms with Crippen LogP contribution in [0.15, 0.2) is 42.6 Å². The molecule has 11 heteroatoms. The number of ether oxygens (including phenoxy) is 2. The molecular weight excluding hydrogens is 480 g/mol. The number of morpholine rings is 1. The minimum Gasteiger partial charge on any atom is -0.489 e. The van der Waals surface area contributed by atoms with Crippen LogP contribution in [0.4, 0.5) is 14.6 Å². The topological polar surface area (TPSA) is 104 Å². The first-order chi connectivity index (χ1) is 17.9. The van der Waals surface area contributed by atoms with E-state index in [2.05, 4.69) is 25.4 Å². The fraction of sp³-hybridized carbons (Fsp3) is 0.308.